The van der Waals surface area contributed by atoms with Crippen LogP contribution in [0.4, 0.5) is 5.69 Å². The minimum absolute atomic E-state index is 0.130. The van der Waals surface area contributed by atoms with Gasteiger partial charge in [-0.05, 0) is 55.0 Å². The number of ether oxygens (including phenoxy) is 1. The van der Waals surface area contributed by atoms with Crippen molar-refractivity contribution in [2.45, 2.75) is 51.0 Å². The molecule has 2 aromatic rings. The minimum Gasteiger partial charge on any atom is -0.497 e. The zero-order chi connectivity index (χ0) is 18.8. The van der Waals surface area contributed by atoms with Crippen LogP contribution in [0.25, 0.3) is 0 Å². The molecule has 0 radical (unpaired) electrons. The molecule has 2 heterocycles. The summed E-state index contributed by atoms with van der Waals surface area (Å²) >= 11 is 0. The maximum absolute atomic E-state index is 12.9. The Balaban J connectivity index is 1.51. The Bertz CT molecular complexity index is 874. The van der Waals surface area contributed by atoms with Gasteiger partial charge in [0.2, 0.25) is 11.8 Å². The van der Waals surface area contributed by atoms with E-state index in [2.05, 4.69) is 20.8 Å². The van der Waals surface area contributed by atoms with Crippen molar-refractivity contribution in [2.75, 3.05) is 12.4 Å². The Morgan fingerprint density at radius 1 is 1.30 bits per heavy atom. The van der Waals surface area contributed by atoms with Crippen LogP contribution in [0, 0.1) is 0 Å². The molecule has 0 saturated carbocycles. The third kappa shape index (κ3) is 3.54. The molecule has 142 valence electrons. The number of aryl methyl sites for hydroxylation is 1. The number of nitrogens with one attached hydrogen (secondary N) is 3. The van der Waals surface area contributed by atoms with E-state index in [1.165, 1.54) is 24.1 Å². The van der Waals surface area contributed by atoms with Crippen molar-refractivity contribution in [2.24, 2.45) is 0 Å². The highest BCUT2D eigenvalue weighted by Crippen LogP contribution is 2.35. The van der Waals surface area contributed by atoms with Crippen LogP contribution in [0.5, 0.6) is 5.75 Å². The van der Waals surface area contributed by atoms with Crippen LogP contribution in [0.15, 0.2) is 18.2 Å². The van der Waals surface area contributed by atoms with Crippen LogP contribution in [0.1, 0.15) is 54.1 Å². The van der Waals surface area contributed by atoms with Gasteiger partial charge in [-0.25, -0.2) is 0 Å². The van der Waals surface area contributed by atoms with Crippen molar-refractivity contribution in [3.63, 3.8) is 0 Å². The summed E-state index contributed by atoms with van der Waals surface area (Å²) < 4.78 is 5.27. The summed E-state index contributed by atoms with van der Waals surface area (Å²) in [6.07, 6.45) is 5.71. The van der Waals surface area contributed by atoms with Gasteiger partial charge in [0, 0.05) is 17.8 Å². The summed E-state index contributed by atoms with van der Waals surface area (Å²) in [6, 6.07) is 5.37. The van der Waals surface area contributed by atoms with Gasteiger partial charge in [-0.3, -0.25) is 14.7 Å². The van der Waals surface area contributed by atoms with E-state index < -0.39 is 5.92 Å². The second-order valence-corrected chi connectivity index (χ2v) is 7.16. The van der Waals surface area contributed by atoms with Crippen molar-refractivity contribution >= 4 is 17.5 Å². The standard InChI is InChI=1S/C20H24N4O3/c1-27-12-7-8-16-14(9-12)15(10-19(25)22-16)20(26)21-11-18-13-5-3-2-4-6-17(13)23-24-18/h7-9,15H,2-6,10-11H2,1H3,(H,21,26)(H,22,25)(H,23,24)/t15-/m0/s1. The lowest BCUT2D eigenvalue weighted by molar-refractivity contribution is -0.126. The van der Waals surface area contributed by atoms with Crippen LogP contribution in [-0.2, 0) is 29.0 Å². The van der Waals surface area contributed by atoms with E-state index in [1.54, 1.807) is 19.2 Å². The first kappa shape index (κ1) is 17.6. The molecule has 0 fully saturated rings. The molecule has 3 N–H and O–H groups in total. The fourth-order valence-corrected chi connectivity index (χ4v) is 3.97. The van der Waals surface area contributed by atoms with E-state index in [0.717, 1.165) is 30.5 Å². The third-order valence-electron chi connectivity index (χ3n) is 5.44. The molecule has 0 spiro atoms. The van der Waals surface area contributed by atoms with Gasteiger partial charge in [-0.1, -0.05) is 6.42 Å². The molecule has 7 nitrogen and oxygen atoms in total. The lowest BCUT2D eigenvalue weighted by atomic mass is 9.89. The van der Waals surface area contributed by atoms with E-state index in [0.29, 0.717) is 18.0 Å². The smallest absolute Gasteiger partial charge is 0.228 e. The average Bonchev–Trinajstić information content (AvgIpc) is 2.91. The zero-order valence-electron chi connectivity index (χ0n) is 15.4. The van der Waals surface area contributed by atoms with Crippen molar-refractivity contribution < 1.29 is 14.3 Å². The molecule has 0 saturated heterocycles. The topological polar surface area (TPSA) is 96.1 Å². The number of fused-ring (bicyclic) bond motifs is 2. The number of nitrogens with zero attached hydrogens (tertiary/aromatic N) is 1. The summed E-state index contributed by atoms with van der Waals surface area (Å²) in [5, 5.41) is 13.3. The number of amides is 2. The van der Waals surface area contributed by atoms with Gasteiger partial charge in [-0.15, -0.1) is 0 Å². The van der Waals surface area contributed by atoms with E-state index in [4.69, 9.17) is 4.74 Å². The maximum Gasteiger partial charge on any atom is 0.228 e. The largest absolute Gasteiger partial charge is 0.497 e. The molecule has 7 heteroatoms. The Morgan fingerprint density at radius 2 is 2.15 bits per heavy atom. The Kier molecular flexibility index (Phi) is 4.83. The summed E-state index contributed by atoms with van der Waals surface area (Å²) in [5.41, 5.74) is 4.81. The number of aromatic nitrogens is 2. The summed E-state index contributed by atoms with van der Waals surface area (Å²) in [4.78, 5) is 24.9. The van der Waals surface area contributed by atoms with Crippen LogP contribution in [0.3, 0.4) is 0 Å². The number of hydrogen-bond acceptors (Lipinski definition) is 4. The Hall–Kier alpha value is -2.83. The lowest BCUT2D eigenvalue weighted by Crippen LogP contribution is -2.35. The van der Waals surface area contributed by atoms with Crippen LogP contribution >= 0.6 is 0 Å². The first-order chi connectivity index (χ1) is 13.2. The Labute approximate surface area is 157 Å². The van der Waals surface area contributed by atoms with Crippen molar-refractivity contribution in [3.05, 3.63) is 40.7 Å². The van der Waals surface area contributed by atoms with Crippen LogP contribution in [0.2, 0.25) is 0 Å². The number of anilines is 1. The Morgan fingerprint density at radius 3 is 3.00 bits per heavy atom. The molecule has 1 aliphatic carbocycles. The molecule has 2 amide bonds. The number of aromatic amines is 1. The SMILES string of the molecule is COc1ccc2c(c1)[C@@H](C(=O)NCc1n[nH]c3c1CCCCC3)CC(=O)N2. The second-order valence-electron chi connectivity index (χ2n) is 7.16. The number of H-pyrrole nitrogens is 1. The van der Waals surface area contributed by atoms with Crippen LogP contribution < -0.4 is 15.4 Å². The van der Waals surface area contributed by atoms with Gasteiger partial charge in [0.25, 0.3) is 0 Å². The number of hydrogen-bond donors (Lipinski definition) is 3. The number of methoxy groups -OCH3 is 1. The number of carbonyl (C=O) groups is 2. The number of rotatable bonds is 4. The number of carbonyl (C=O) groups excluding carboxylic acids is 2. The fraction of sp³-hybridized carbons (Fsp3) is 0.450. The molecule has 1 atom stereocenters. The lowest BCUT2D eigenvalue weighted by Gasteiger charge is -2.25. The highest BCUT2D eigenvalue weighted by molar-refractivity contribution is 6.01. The molecule has 1 aromatic carbocycles. The monoisotopic (exact) mass is 368 g/mol. The molecule has 0 unspecified atom stereocenters. The zero-order valence-corrected chi connectivity index (χ0v) is 15.4. The normalized spacial score (nSPS) is 18.7. The minimum atomic E-state index is -0.526. The van der Waals surface area contributed by atoms with Crippen molar-refractivity contribution in [3.8, 4) is 5.75 Å². The molecule has 0 bridgehead atoms. The average molecular weight is 368 g/mol. The predicted molar refractivity (Wildman–Crippen MR) is 101 cm³/mol. The highest BCUT2D eigenvalue weighted by Gasteiger charge is 2.31. The van der Waals surface area contributed by atoms with Gasteiger partial charge < -0.3 is 15.4 Å². The molecular weight excluding hydrogens is 344 g/mol. The first-order valence-electron chi connectivity index (χ1n) is 9.46. The molecule has 1 aromatic heterocycles. The highest BCUT2D eigenvalue weighted by atomic mass is 16.5. The van der Waals surface area contributed by atoms with Gasteiger partial charge in [0.1, 0.15) is 5.75 Å². The van der Waals surface area contributed by atoms with Crippen molar-refractivity contribution in [1.29, 1.82) is 0 Å². The molecular formula is C20H24N4O3. The van der Waals surface area contributed by atoms with E-state index in [9.17, 15) is 9.59 Å². The van der Waals surface area contributed by atoms with Crippen molar-refractivity contribution in [1.82, 2.24) is 15.5 Å². The summed E-state index contributed by atoms with van der Waals surface area (Å²) in [7, 11) is 1.58. The predicted octanol–water partition coefficient (Wildman–Crippen LogP) is 2.43. The molecule has 4 rings (SSSR count). The number of benzene rings is 1. The first-order valence-corrected chi connectivity index (χ1v) is 9.46. The summed E-state index contributed by atoms with van der Waals surface area (Å²) in [6.45, 7) is 0.377. The molecule has 2 aliphatic rings. The second kappa shape index (κ2) is 7.42. The van der Waals surface area contributed by atoms with E-state index >= 15 is 0 Å². The van der Waals surface area contributed by atoms with Gasteiger partial charge in [0.05, 0.1) is 25.3 Å². The third-order valence-corrected chi connectivity index (χ3v) is 5.44. The quantitative estimate of drug-likeness (QED) is 0.722. The van der Waals surface area contributed by atoms with E-state index in [-0.39, 0.29) is 18.2 Å². The van der Waals surface area contributed by atoms with Gasteiger partial charge in [-0.2, -0.15) is 5.10 Å². The summed E-state index contributed by atoms with van der Waals surface area (Å²) in [5.74, 6) is -0.173. The van der Waals surface area contributed by atoms with Gasteiger partial charge in [0.15, 0.2) is 0 Å². The van der Waals surface area contributed by atoms with Crippen LogP contribution in [-0.4, -0.2) is 29.1 Å². The fourth-order valence-electron chi connectivity index (χ4n) is 3.97. The van der Waals surface area contributed by atoms with E-state index in [1.807, 2.05) is 6.07 Å². The maximum atomic E-state index is 12.9. The molecule has 27 heavy (non-hydrogen) atoms. The molecule has 1 aliphatic heterocycles. The van der Waals surface area contributed by atoms with Gasteiger partial charge >= 0.3 is 0 Å².